The lowest BCUT2D eigenvalue weighted by molar-refractivity contribution is -0.136. The summed E-state index contributed by atoms with van der Waals surface area (Å²) in [5.74, 6) is -0.900. The van der Waals surface area contributed by atoms with Crippen molar-refractivity contribution in [2.45, 2.75) is 19.9 Å². The first-order chi connectivity index (χ1) is 12.4. The molecule has 0 bridgehead atoms. The van der Waals surface area contributed by atoms with Gasteiger partial charge in [-0.05, 0) is 41.8 Å². The molecule has 0 radical (unpaired) electrons. The molecule has 6 heteroatoms. The number of anilines is 1. The maximum atomic E-state index is 11.6. The van der Waals surface area contributed by atoms with Crippen LogP contribution >= 0.6 is 23.2 Å². The highest BCUT2D eigenvalue weighted by molar-refractivity contribution is 6.37. The summed E-state index contributed by atoms with van der Waals surface area (Å²) in [6.45, 7) is 3.79. The first-order valence-corrected chi connectivity index (χ1v) is 9.17. The molecular formula is C20H18Cl2N2O2. The van der Waals surface area contributed by atoms with Crippen LogP contribution in [0, 0.1) is 6.92 Å². The number of benzene rings is 2. The minimum Gasteiger partial charge on any atom is -0.481 e. The SMILES string of the molecule is Cc1cc2c(-c3ccc(Cl)cc3)c(CC(=O)O)c(Cl)c3c2n1CCN3C. The smallest absolute Gasteiger partial charge is 0.307 e. The second kappa shape index (κ2) is 6.22. The zero-order chi connectivity index (χ0) is 18.6. The zero-order valence-corrected chi connectivity index (χ0v) is 16.0. The standard InChI is InChI=1S/C20H18Cl2N2O2/c1-11-9-15-17(12-3-5-13(21)6-4-12)14(10-16(25)26)18(22)20-19(15)24(11)8-7-23(20)2/h3-6,9H,7-8,10H2,1-2H3,(H,25,26). The van der Waals surface area contributed by atoms with Gasteiger partial charge in [-0.1, -0.05) is 35.3 Å². The minimum absolute atomic E-state index is 0.127. The van der Waals surface area contributed by atoms with Gasteiger partial charge >= 0.3 is 5.97 Å². The molecule has 134 valence electrons. The Morgan fingerprint density at radius 3 is 2.54 bits per heavy atom. The summed E-state index contributed by atoms with van der Waals surface area (Å²) < 4.78 is 2.26. The highest BCUT2D eigenvalue weighted by Crippen LogP contribution is 2.47. The molecule has 4 nitrogen and oxygen atoms in total. The number of carbonyl (C=O) groups is 1. The van der Waals surface area contributed by atoms with Crippen molar-refractivity contribution in [1.82, 2.24) is 4.57 Å². The number of hydrogen-bond acceptors (Lipinski definition) is 2. The molecule has 0 aliphatic carbocycles. The Bertz CT molecular complexity index is 1040. The number of rotatable bonds is 3. The number of aliphatic carboxylic acids is 1. The van der Waals surface area contributed by atoms with Gasteiger partial charge < -0.3 is 14.6 Å². The van der Waals surface area contributed by atoms with Crippen LogP contribution in [0.1, 0.15) is 11.3 Å². The van der Waals surface area contributed by atoms with Crippen molar-refractivity contribution < 1.29 is 9.90 Å². The van der Waals surface area contributed by atoms with Crippen LogP contribution in [0.3, 0.4) is 0 Å². The summed E-state index contributed by atoms with van der Waals surface area (Å²) in [6, 6.07) is 9.60. The molecule has 0 atom stereocenters. The van der Waals surface area contributed by atoms with Gasteiger partial charge in [0.15, 0.2) is 0 Å². The zero-order valence-electron chi connectivity index (χ0n) is 14.5. The normalized spacial score (nSPS) is 13.5. The Kier molecular flexibility index (Phi) is 4.13. The lowest BCUT2D eigenvalue weighted by Crippen LogP contribution is -2.28. The average Bonchev–Trinajstić information content (AvgIpc) is 2.91. The number of carboxylic acids is 1. The number of aromatic nitrogens is 1. The number of hydrogen-bond donors (Lipinski definition) is 1. The lowest BCUT2D eigenvalue weighted by Gasteiger charge is -2.30. The van der Waals surface area contributed by atoms with Crippen molar-refractivity contribution in [1.29, 1.82) is 0 Å². The second-order valence-electron chi connectivity index (χ2n) is 6.71. The molecule has 3 aromatic rings. The van der Waals surface area contributed by atoms with E-state index in [0.29, 0.717) is 15.6 Å². The molecule has 0 unspecified atom stereocenters. The highest BCUT2D eigenvalue weighted by atomic mass is 35.5. The number of nitrogens with zero attached hydrogens (tertiary/aromatic N) is 2. The van der Waals surface area contributed by atoms with Gasteiger partial charge in [0.25, 0.3) is 0 Å². The van der Waals surface area contributed by atoms with E-state index in [1.807, 2.05) is 31.3 Å². The van der Waals surface area contributed by atoms with E-state index in [1.54, 1.807) is 0 Å². The molecule has 1 N–H and O–H groups in total. The molecule has 26 heavy (non-hydrogen) atoms. The molecule has 1 aliphatic heterocycles. The van der Waals surface area contributed by atoms with Crippen LogP contribution in [0.15, 0.2) is 30.3 Å². The molecule has 4 rings (SSSR count). The fourth-order valence-corrected chi connectivity index (χ4v) is 4.42. The number of likely N-dealkylation sites (N-methyl/N-ethyl adjacent to an activating group) is 1. The summed E-state index contributed by atoms with van der Waals surface area (Å²) >= 11 is 12.8. The van der Waals surface area contributed by atoms with Crippen molar-refractivity contribution >= 4 is 45.8 Å². The Morgan fingerprint density at radius 2 is 1.88 bits per heavy atom. The second-order valence-corrected chi connectivity index (χ2v) is 7.53. The third-order valence-electron chi connectivity index (χ3n) is 5.07. The van der Waals surface area contributed by atoms with Crippen molar-refractivity contribution in [3.63, 3.8) is 0 Å². The first kappa shape index (κ1) is 17.3. The van der Waals surface area contributed by atoms with Crippen LogP contribution in [-0.2, 0) is 17.8 Å². The van der Waals surface area contributed by atoms with E-state index in [1.165, 1.54) is 0 Å². The van der Waals surface area contributed by atoms with Gasteiger partial charge in [0, 0.05) is 36.2 Å². The average molecular weight is 389 g/mol. The van der Waals surface area contributed by atoms with Crippen molar-refractivity contribution in [2.24, 2.45) is 0 Å². The fraction of sp³-hybridized carbons (Fsp3) is 0.250. The summed E-state index contributed by atoms with van der Waals surface area (Å²) in [4.78, 5) is 13.7. The van der Waals surface area contributed by atoms with Gasteiger partial charge in [0.2, 0.25) is 0 Å². The molecular weight excluding hydrogens is 371 g/mol. The summed E-state index contributed by atoms with van der Waals surface area (Å²) in [5, 5.41) is 11.7. The van der Waals surface area contributed by atoms with Crippen molar-refractivity contribution in [3.05, 3.63) is 51.6 Å². The molecule has 2 heterocycles. The third-order valence-corrected chi connectivity index (χ3v) is 5.73. The Labute approximate surface area is 161 Å². The summed E-state index contributed by atoms with van der Waals surface area (Å²) in [7, 11) is 2.00. The molecule has 0 spiro atoms. The number of halogens is 2. The van der Waals surface area contributed by atoms with Gasteiger partial charge in [-0.15, -0.1) is 0 Å². The first-order valence-electron chi connectivity index (χ1n) is 8.41. The Balaban J connectivity index is 2.15. The minimum atomic E-state index is -0.900. The maximum absolute atomic E-state index is 11.6. The van der Waals surface area contributed by atoms with Gasteiger partial charge in [-0.25, -0.2) is 0 Å². The monoisotopic (exact) mass is 388 g/mol. The topological polar surface area (TPSA) is 45.5 Å². The van der Waals surface area contributed by atoms with E-state index in [9.17, 15) is 9.90 Å². The molecule has 0 saturated heterocycles. The van der Waals surface area contributed by atoms with Crippen LogP contribution in [0.5, 0.6) is 0 Å². The largest absolute Gasteiger partial charge is 0.481 e. The van der Waals surface area contributed by atoms with Crippen molar-refractivity contribution in [2.75, 3.05) is 18.5 Å². The lowest BCUT2D eigenvalue weighted by atomic mass is 9.92. The van der Waals surface area contributed by atoms with E-state index < -0.39 is 5.97 Å². The van der Waals surface area contributed by atoms with Gasteiger partial charge in [0.05, 0.1) is 22.6 Å². The summed E-state index contributed by atoms with van der Waals surface area (Å²) in [6.07, 6.45) is -0.127. The molecule has 0 saturated carbocycles. The number of aryl methyl sites for hydroxylation is 1. The van der Waals surface area contributed by atoms with Gasteiger partial charge in [-0.3, -0.25) is 4.79 Å². The highest BCUT2D eigenvalue weighted by Gasteiger charge is 2.28. The number of carboxylic acid groups (broad SMARTS) is 1. The predicted octanol–water partition coefficient (Wildman–Crippen LogP) is 5.00. The van der Waals surface area contributed by atoms with Gasteiger partial charge in [-0.2, -0.15) is 0 Å². The van der Waals surface area contributed by atoms with Crippen LogP contribution in [0.25, 0.3) is 22.0 Å². The van der Waals surface area contributed by atoms with Crippen LogP contribution in [0.2, 0.25) is 10.0 Å². The van der Waals surface area contributed by atoms with E-state index in [-0.39, 0.29) is 6.42 Å². The van der Waals surface area contributed by atoms with E-state index in [0.717, 1.165) is 46.5 Å². The molecule has 0 amide bonds. The fourth-order valence-electron chi connectivity index (χ4n) is 3.90. The maximum Gasteiger partial charge on any atom is 0.307 e. The summed E-state index contributed by atoms with van der Waals surface area (Å²) in [5.41, 5.74) is 5.58. The van der Waals surface area contributed by atoms with E-state index >= 15 is 0 Å². The quantitative estimate of drug-likeness (QED) is 0.686. The molecule has 0 fully saturated rings. The third kappa shape index (κ3) is 2.56. The van der Waals surface area contributed by atoms with E-state index in [4.69, 9.17) is 23.2 Å². The van der Waals surface area contributed by atoms with Crippen LogP contribution in [0.4, 0.5) is 5.69 Å². The van der Waals surface area contributed by atoms with Crippen molar-refractivity contribution in [3.8, 4) is 11.1 Å². The molecule has 1 aliphatic rings. The van der Waals surface area contributed by atoms with Crippen LogP contribution in [-0.4, -0.2) is 29.2 Å². The predicted molar refractivity (Wildman–Crippen MR) is 107 cm³/mol. The van der Waals surface area contributed by atoms with Gasteiger partial charge in [0.1, 0.15) is 0 Å². The molecule has 1 aromatic heterocycles. The Morgan fingerprint density at radius 1 is 1.19 bits per heavy atom. The van der Waals surface area contributed by atoms with E-state index in [2.05, 4.69) is 22.5 Å². The van der Waals surface area contributed by atoms with Crippen LogP contribution < -0.4 is 4.90 Å². The molecule has 2 aromatic carbocycles. The Hall–Kier alpha value is -2.17.